The largest absolute Gasteiger partial charge is 0.494 e. The average Bonchev–Trinajstić information content (AvgIpc) is 3.46. The number of ether oxygens (including phenoxy) is 1. The molecule has 3 heterocycles. The molecule has 1 aromatic rings. The maximum Gasteiger partial charge on any atom is 0.244 e. The number of amides is 3. The molecular weight excluding hydrogens is 502 g/mol. The summed E-state index contributed by atoms with van der Waals surface area (Å²) in [5.74, 6) is -0.991. The molecule has 2 bridgehead atoms. The molecule has 1 spiro atoms. The van der Waals surface area contributed by atoms with E-state index in [4.69, 9.17) is 4.74 Å². The highest BCUT2D eigenvalue weighted by Crippen LogP contribution is 2.71. The zero-order valence-corrected chi connectivity index (χ0v) is 24.1. The van der Waals surface area contributed by atoms with Gasteiger partial charge in [-0.15, -0.1) is 11.8 Å². The summed E-state index contributed by atoms with van der Waals surface area (Å²) >= 11 is 1.65. The maximum absolute atomic E-state index is 14.3. The van der Waals surface area contributed by atoms with Crippen LogP contribution in [0, 0.1) is 17.8 Å². The van der Waals surface area contributed by atoms with Gasteiger partial charge in [0.2, 0.25) is 17.7 Å². The summed E-state index contributed by atoms with van der Waals surface area (Å²) in [6, 6.07) is 6.05. The number of aliphatic hydroxyl groups excluding tert-OH is 1. The molecule has 38 heavy (non-hydrogen) atoms. The second-order valence-corrected chi connectivity index (χ2v) is 13.1. The first-order valence-corrected chi connectivity index (χ1v) is 14.9. The van der Waals surface area contributed by atoms with Crippen LogP contribution in [0.15, 0.2) is 24.3 Å². The van der Waals surface area contributed by atoms with E-state index in [1.54, 1.807) is 28.8 Å². The first kappa shape index (κ1) is 28.7. The third-order valence-corrected chi connectivity index (χ3v) is 10.8. The quantitative estimate of drug-likeness (QED) is 0.345. The molecular formula is C29H43N3O5S. The molecule has 2 unspecified atom stereocenters. The lowest BCUT2D eigenvalue weighted by Gasteiger charge is -2.39. The third-order valence-electron chi connectivity index (χ3n) is 8.85. The van der Waals surface area contributed by atoms with Gasteiger partial charge in [0.05, 0.1) is 35.8 Å². The first-order chi connectivity index (χ1) is 18.2. The van der Waals surface area contributed by atoms with Crippen molar-refractivity contribution in [3.8, 4) is 5.75 Å². The SMILES string of the molecule is CCCCNC(=O)C1N([C@@H](CO)[C@@H](C)CC)C(=O)[C@@H]2[C@H](C(=O)Nc3ccc(OCC)cc3)[C@]3(C)CCC12S3. The Kier molecular flexibility index (Phi) is 8.67. The molecule has 0 aromatic heterocycles. The predicted octanol–water partition coefficient (Wildman–Crippen LogP) is 3.83. The summed E-state index contributed by atoms with van der Waals surface area (Å²) in [6.45, 7) is 11.0. The van der Waals surface area contributed by atoms with Crippen molar-refractivity contribution in [3.63, 3.8) is 0 Å². The number of hydrogen-bond donors (Lipinski definition) is 3. The van der Waals surface area contributed by atoms with Crippen LogP contribution in [-0.4, -0.2) is 69.1 Å². The highest BCUT2D eigenvalue weighted by molar-refractivity contribution is 8.02. The van der Waals surface area contributed by atoms with Crippen LogP contribution in [0.1, 0.15) is 66.7 Å². The van der Waals surface area contributed by atoms with Crippen molar-refractivity contribution in [1.82, 2.24) is 10.2 Å². The highest BCUT2D eigenvalue weighted by Gasteiger charge is 2.77. The van der Waals surface area contributed by atoms with E-state index in [2.05, 4.69) is 24.5 Å². The van der Waals surface area contributed by atoms with Crippen LogP contribution in [-0.2, 0) is 14.4 Å². The number of benzene rings is 1. The molecule has 3 amide bonds. The van der Waals surface area contributed by atoms with Gasteiger partial charge in [0.15, 0.2) is 0 Å². The van der Waals surface area contributed by atoms with Crippen LogP contribution in [0.25, 0.3) is 0 Å². The average molecular weight is 546 g/mol. The van der Waals surface area contributed by atoms with Gasteiger partial charge in [-0.05, 0) is 63.3 Å². The van der Waals surface area contributed by atoms with Crippen LogP contribution in [0.3, 0.4) is 0 Å². The fourth-order valence-corrected chi connectivity index (χ4v) is 9.08. The van der Waals surface area contributed by atoms with Gasteiger partial charge >= 0.3 is 0 Å². The van der Waals surface area contributed by atoms with Crippen molar-refractivity contribution in [3.05, 3.63) is 24.3 Å². The number of carbonyl (C=O) groups excluding carboxylic acids is 3. The fraction of sp³-hybridized carbons (Fsp3) is 0.690. The number of nitrogens with zero attached hydrogens (tertiary/aromatic N) is 1. The van der Waals surface area contributed by atoms with Crippen molar-refractivity contribution in [2.75, 3.05) is 25.1 Å². The number of nitrogens with one attached hydrogen (secondary N) is 2. The van der Waals surface area contributed by atoms with Crippen molar-refractivity contribution in [1.29, 1.82) is 0 Å². The number of carbonyl (C=O) groups is 3. The van der Waals surface area contributed by atoms with Crippen LogP contribution < -0.4 is 15.4 Å². The number of anilines is 1. The lowest BCUT2D eigenvalue weighted by Crippen LogP contribution is -2.57. The van der Waals surface area contributed by atoms with E-state index in [1.807, 2.05) is 32.9 Å². The number of likely N-dealkylation sites (tertiary alicyclic amines) is 1. The summed E-state index contributed by atoms with van der Waals surface area (Å²) in [7, 11) is 0. The first-order valence-electron chi connectivity index (χ1n) is 14.1. The molecule has 3 fully saturated rings. The lowest BCUT2D eigenvalue weighted by atomic mass is 9.66. The lowest BCUT2D eigenvalue weighted by molar-refractivity contribution is -0.143. The minimum atomic E-state index is -0.710. The Morgan fingerprint density at radius 2 is 1.89 bits per heavy atom. The molecule has 210 valence electrons. The molecule has 3 N–H and O–H groups in total. The van der Waals surface area contributed by atoms with Crippen molar-refractivity contribution >= 4 is 35.2 Å². The maximum atomic E-state index is 14.3. The molecule has 1 aromatic carbocycles. The Labute approximate surface area is 230 Å². The Balaban J connectivity index is 1.68. The topological polar surface area (TPSA) is 108 Å². The van der Waals surface area contributed by atoms with E-state index in [1.165, 1.54) is 0 Å². The van der Waals surface area contributed by atoms with E-state index >= 15 is 0 Å². The van der Waals surface area contributed by atoms with Crippen molar-refractivity contribution in [2.45, 2.75) is 88.3 Å². The standard InChI is InChI=1S/C29H43N3O5S/c1-6-9-16-30-26(35)24-29-15-14-28(5,38-29)22(23(29)27(36)32(24)21(17-33)18(4)7-2)25(34)31-19-10-12-20(13-11-19)37-8-3/h10-13,18,21-24,33H,6-9,14-17H2,1-5H3,(H,30,35)(H,31,34)/t18-,21-,22+,23-,24?,28-,29?/m0/s1. The highest BCUT2D eigenvalue weighted by atomic mass is 32.2. The normalized spacial score (nSPS) is 31.2. The van der Waals surface area contributed by atoms with Crippen LogP contribution in [0.4, 0.5) is 5.69 Å². The molecule has 0 saturated carbocycles. The summed E-state index contributed by atoms with van der Waals surface area (Å²) in [5.41, 5.74) is 0.646. The smallest absolute Gasteiger partial charge is 0.244 e. The van der Waals surface area contributed by atoms with Gasteiger partial charge in [0, 0.05) is 17.0 Å². The van der Waals surface area contributed by atoms with Gasteiger partial charge in [-0.2, -0.15) is 0 Å². The minimum absolute atomic E-state index is 0.0130. The number of unbranched alkanes of at least 4 members (excludes halogenated alkanes) is 1. The number of fused-ring (bicyclic) bond motifs is 1. The molecule has 9 heteroatoms. The summed E-state index contributed by atoms with van der Waals surface area (Å²) in [5, 5.41) is 16.5. The molecule has 4 rings (SSSR count). The van der Waals surface area contributed by atoms with Gasteiger partial charge in [-0.1, -0.05) is 33.6 Å². The molecule has 7 atom stereocenters. The zero-order valence-electron chi connectivity index (χ0n) is 23.3. The predicted molar refractivity (Wildman–Crippen MR) is 150 cm³/mol. The Bertz CT molecular complexity index is 1040. The molecule has 3 aliphatic heterocycles. The number of rotatable bonds is 12. The minimum Gasteiger partial charge on any atom is -0.494 e. The van der Waals surface area contributed by atoms with Crippen LogP contribution >= 0.6 is 11.8 Å². The monoisotopic (exact) mass is 545 g/mol. The van der Waals surface area contributed by atoms with E-state index in [9.17, 15) is 19.5 Å². The summed E-state index contributed by atoms with van der Waals surface area (Å²) in [6.07, 6.45) is 4.02. The van der Waals surface area contributed by atoms with Gasteiger partial charge < -0.3 is 25.4 Å². The van der Waals surface area contributed by atoms with Crippen LogP contribution in [0.5, 0.6) is 5.75 Å². The molecule has 0 radical (unpaired) electrons. The van der Waals surface area contributed by atoms with E-state index in [0.29, 0.717) is 25.3 Å². The van der Waals surface area contributed by atoms with Gasteiger partial charge in [0.25, 0.3) is 0 Å². The fourth-order valence-electron chi connectivity index (χ4n) is 6.74. The Morgan fingerprint density at radius 1 is 1.18 bits per heavy atom. The van der Waals surface area contributed by atoms with E-state index in [0.717, 1.165) is 31.4 Å². The molecule has 0 aliphatic carbocycles. The van der Waals surface area contributed by atoms with Gasteiger partial charge in [-0.3, -0.25) is 14.4 Å². The number of aliphatic hydroxyl groups is 1. The number of thioether (sulfide) groups is 1. The van der Waals surface area contributed by atoms with Crippen molar-refractivity contribution in [2.24, 2.45) is 17.8 Å². The number of hydrogen-bond acceptors (Lipinski definition) is 6. The third kappa shape index (κ3) is 4.81. The second kappa shape index (κ2) is 11.5. The molecule has 3 saturated heterocycles. The van der Waals surface area contributed by atoms with Gasteiger partial charge in [-0.25, -0.2) is 0 Å². The Hall–Kier alpha value is -2.26. The van der Waals surface area contributed by atoms with Crippen molar-refractivity contribution < 1.29 is 24.2 Å². The van der Waals surface area contributed by atoms with Gasteiger partial charge in [0.1, 0.15) is 11.8 Å². The molecule has 3 aliphatic rings. The Morgan fingerprint density at radius 3 is 2.50 bits per heavy atom. The summed E-state index contributed by atoms with van der Waals surface area (Å²) in [4.78, 5) is 43.6. The van der Waals surface area contributed by atoms with E-state index in [-0.39, 0.29) is 30.2 Å². The zero-order chi connectivity index (χ0) is 27.7. The second-order valence-electron chi connectivity index (χ2n) is 11.2. The summed E-state index contributed by atoms with van der Waals surface area (Å²) < 4.78 is 4.37. The molecule has 8 nitrogen and oxygen atoms in total. The van der Waals surface area contributed by atoms with Crippen LogP contribution in [0.2, 0.25) is 0 Å². The van der Waals surface area contributed by atoms with E-state index < -0.39 is 33.4 Å².